The highest BCUT2D eigenvalue weighted by atomic mass is 32.2. The number of nitrogens with one attached hydrogen (secondary N) is 1. The van der Waals surface area contributed by atoms with Crippen LogP contribution in [0.15, 0.2) is 53.9 Å². The number of benzene rings is 2. The molecule has 6 nitrogen and oxygen atoms in total. The van der Waals surface area contributed by atoms with Crippen molar-refractivity contribution in [1.82, 2.24) is 15.2 Å². The molecule has 0 bridgehead atoms. The molecule has 2 aliphatic rings. The van der Waals surface area contributed by atoms with Crippen LogP contribution >= 0.6 is 23.1 Å². The van der Waals surface area contributed by atoms with Crippen LogP contribution in [0.3, 0.4) is 0 Å². The van der Waals surface area contributed by atoms with E-state index in [1.54, 1.807) is 34.5 Å². The van der Waals surface area contributed by atoms with E-state index < -0.39 is 17.8 Å². The number of amides is 2. The van der Waals surface area contributed by atoms with Gasteiger partial charge in [-0.05, 0) is 48.6 Å². The Morgan fingerprint density at radius 2 is 1.71 bits per heavy atom. The van der Waals surface area contributed by atoms with Gasteiger partial charge in [0.2, 0.25) is 5.12 Å². The summed E-state index contributed by atoms with van der Waals surface area (Å²) in [6.07, 6.45) is -2.43. The predicted molar refractivity (Wildman–Crippen MR) is 140 cm³/mol. The largest absolute Gasteiger partial charge is 0.416 e. The fraction of sp³-hybridized carbons (Fsp3) is 0.333. The van der Waals surface area contributed by atoms with Crippen LogP contribution in [-0.2, 0) is 11.0 Å². The van der Waals surface area contributed by atoms with Crippen LogP contribution in [0.25, 0.3) is 11.1 Å². The summed E-state index contributed by atoms with van der Waals surface area (Å²) in [5, 5.41) is 5.27. The Hall–Kier alpha value is -3.18. The Balaban J connectivity index is 1.23. The molecule has 0 spiro atoms. The van der Waals surface area contributed by atoms with Crippen molar-refractivity contribution in [2.75, 3.05) is 18.8 Å². The molecule has 38 heavy (non-hydrogen) atoms. The highest BCUT2D eigenvalue weighted by molar-refractivity contribution is 8.14. The quantitative estimate of drug-likeness (QED) is 0.440. The third-order valence-electron chi connectivity index (χ3n) is 6.81. The number of alkyl halides is 3. The fourth-order valence-corrected chi connectivity index (χ4v) is 6.60. The third-order valence-corrected chi connectivity index (χ3v) is 8.82. The van der Waals surface area contributed by atoms with Crippen LogP contribution in [0.5, 0.6) is 0 Å². The van der Waals surface area contributed by atoms with Crippen molar-refractivity contribution < 1.29 is 27.6 Å². The van der Waals surface area contributed by atoms with E-state index in [9.17, 15) is 27.6 Å². The van der Waals surface area contributed by atoms with Crippen LogP contribution < -0.4 is 5.32 Å². The number of rotatable bonds is 5. The van der Waals surface area contributed by atoms with Crippen LogP contribution in [0.4, 0.5) is 13.2 Å². The zero-order chi connectivity index (χ0) is 26.9. The Labute approximate surface area is 225 Å². The number of thiazole rings is 1. The highest BCUT2D eigenvalue weighted by Crippen LogP contribution is 2.34. The van der Waals surface area contributed by atoms with Gasteiger partial charge >= 0.3 is 6.18 Å². The van der Waals surface area contributed by atoms with Gasteiger partial charge < -0.3 is 10.2 Å². The fourth-order valence-electron chi connectivity index (χ4n) is 4.70. The van der Waals surface area contributed by atoms with E-state index in [0.717, 1.165) is 17.1 Å². The van der Waals surface area contributed by atoms with Crippen molar-refractivity contribution in [3.63, 3.8) is 0 Å². The lowest BCUT2D eigenvalue weighted by Gasteiger charge is -2.31. The maximum Gasteiger partial charge on any atom is 0.416 e. The van der Waals surface area contributed by atoms with E-state index in [4.69, 9.17) is 0 Å². The standard InChI is InChI=1S/C27H24F3N3O3S2/c28-27(29,30)18-7-5-16(6-8-18)19-3-1-2-4-20(19)25(35)33-12-9-17(10-13-33)24-32-22(15-38-24)23(34)31-21-11-14-37-26(21)36/h1-8,15,17,21H,9-14H2,(H,31,34). The molecule has 1 aromatic heterocycles. The summed E-state index contributed by atoms with van der Waals surface area (Å²) in [5.74, 6) is 0.301. The van der Waals surface area contributed by atoms with Crippen LogP contribution in [-0.4, -0.2) is 51.7 Å². The van der Waals surface area contributed by atoms with Crippen molar-refractivity contribution in [1.29, 1.82) is 0 Å². The SMILES string of the molecule is O=C(NC1CCSC1=O)c1csc(C2CCN(C(=O)c3ccccc3-c3ccc(C(F)(F)F)cc3)CC2)n1. The van der Waals surface area contributed by atoms with Gasteiger partial charge in [-0.1, -0.05) is 42.1 Å². The zero-order valence-corrected chi connectivity index (χ0v) is 21.8. The molecule has 5 rings (SSSR count). The van der Waals surface area contributed by atoms with Gasteiger partial charge in [0.05, 0.1) is 16.6 Å². The summed E-state index contributed by atoms with van der Waals surface area (Å²) in [6.45, 7) is 1.000. The first kappa shape index (κ1) is 26.4. The molecule has 1 N–H and O–H groups in total. The Bertz CT molecular complexity index is 1350. The molecule has 2 amide bonds. The van der Waals surface area contributed by atoms with E-state index in [-0.39, 0.29) is 22.8 Å². The minimum absolute atomic E-state index is 0.0225. The van der Waals surface area contributed by atoms with Gasteiger partial charge in [0.25, 0.3) is 11.8 Å². The van der Waals surface area contributed by atoms with Gasteiger partial charge in [0.1, 0.15) is 5.69 Å². The van der Waals surface area contributed by atoms with Gasteiger partial charge in [-0.15, -0.1) is 11.3 Å². The van der Waals surface area contributed by atoms with E-state index in [0.29, 0.717) is 60.5 Å². The number of aromatic nitrogens is 1. The first-order valence-corrected chi connectivity index (χ1v) is 14.1. The van der Waals surface area contributed by atoms with Crippen molar-refractivity contribution >= 4 is 40.0 Å². The van der Waals surface area contributed by atoms with Crippen molar-refractivity contribution in [3.05, 3.63) is 75.7 Å². The number of thioether (sulfide) groups is 1. The summed E-state index contributed by atoms with van der Waals surface area (Å²) < 4.78 is 38.9. The Kier molecular flexibility index (Phi) is 7.58. The molecule has 0 saturated carbocycles. The van der Waals surface area contributed by atoms with E-state index in [2.05, 4.69) is 10.3 Å². The molecule has 1 unspecified atom stereocenters. The molecule has 2 aliphatic heterocycles. The Morgan fingerprint density at radius 3 is 2.37 bits per heavy atom. The lowest BCUT2D eigenvalue weighted by molar-refractivity contribution is -0.137. The maximum atomic E-state index is 13.4. The molecular weight excluding hydrogens is 535 g/mol. The van der Waals surface area contributed by atoms with Gasteiger partial charge in [0.15, 0.2) is 0 Å². The minimum atomic E-state index is -4.42. The van der Waals surface area contributed by atoms with E-state index >= 15 is 0 Å². The number of likely N-dealkylation sites (tertiary alicyclic amines) is 1. The van der Waals surface area contributed by atoms with E-state index in [1.165, 1.54) is 35.2 Å². The molecule has 3 aromatic rings. The number of carbonyl (C=O) groups excluding carboxylic acids is 3. The van der Waals surface area contributed by atoms with Gasteiger partial charge in [-0.3, -0.25) is 14.4 Å². The topological polar surface area (TPSA) is 79.4 Å². The molecule has 198 valence electrons. The first-order valence-electron chi connectivity index (χ1n) is 12.2. The normalized spacial score (nSPS) is 18.6. The third kappa shape index (κ3) is 5.63. The second kappa shape index (κ2) is 10.9. The summed E-state index contributed by atoms with van der Waals surface area (Å²) in [7, 11) is 0. The summed E-state index contributed by atoms with van der Waals surface area (Å²) in [5.41, 5.74) is 1.14. The number of hydrogen-bond donors (Lipinski definition) is 1. The average molecular weight is 560 g/mol. The molecule has 2 saturated heterocycles. The van der Waals surface area contributed by atoms with Gasteiger partial charge in [-0.2, -0.15) is 13.2 Å². The molecule has 0 aliphatic carbocycles. The molecule has 11 heteroatoms. The van der Waals surface area contributed by atoms with Crippen molar-refractivity contribution in [2.45, 2.75) is 37.4 Å². The van der Waals surface area contributed by atoms with Crippen molar-refractivity contribution in [3.8, 4) is 11.1 Å². The molecule has 0 radical (unpaired) electrons. The summed E-state index contributed by atoms with van der Waals surface area (Å²) in [4.78, 5) is 44.0. The zero-order valence-electron chi connectivity index (χ0n) is 20.2. The monoisotopic (exact) mass is 559 g/mol. The number of hydrogen-bond acceptors (Lipinski definition) is 6. The number of piperidine rings is 1. The smallest absolute Gasteiger partial charge is 0.340 e. The molecular formula is C27H24F3N3O3S2. The van der Waals surface area contributed by atoms with Crippen LogP contribution in [0, 0.1) is 0 Å². The lowest BCUT2D eigenvalue weighted by Crippen LogP contribution is -2.38. The summed E-state index contributed by atoms with van der Waals surface area (Å²) >= 11 is 2.63. The molecule has 1 atom stereocenters. The first-order chi connectivity index (χ1) is 18.2. The summed E-state index contributed by atoms with van der Waals surface area (Å²) in [6, 6.07) is 11.3. The van der Waals surface area contributed by atoms with Crippen molar-refractivity contribution in [2.24, 2.45) is 0 Å². The van der Waals surface area contributed by atoms with Crippen LogP contribution in [0.2, 0.25) is 0 Å². The number of carbonyl (C=O) groups is 3. The Morgan fingerprint density at radius 1 is 1.00 bits per heavy atom. The lowest BCUT2D eigenvalue weighted by atomic mass is 9.94. The molecule has 2 fully saturated rings. The second-order valence-corrected chi connectivity index (χ2v) is 11.2. The molecule has 3 heterocycles. The highest BCUT2D eigenvalue weighted by Gasteiger charge is 2.32. The predicted octanol–water partition coefficient (Wildman–Crippen LogP) is 5.61. The van der Waals surface area contributed by atoms with Gasteiger partial charge in [0, 0.05) is 35.7 Å². The molecule has 2 aromatic carbocycles. The van der Waals surface area contributed by atoms with E-state index in [1.807, 2.05) is 0 Å². The number of halogens is 3. The van der Waals surface area contributed by atoms with Crippen LogP contribution in [0.1, 0.15) is 56.6 Å². The maximum absolute atomic E-state index is 13.4. The van der Waals surface area contributed by atoms with Gasteiger partial charge in [-0.25, -0.2) is 4.98 Å². The number of nitrogens with zero attached hydrogens (tertiary/aromatic N) is 2. The second-order valence-electron chi connectivity index (χ2n) is 9.24. The minimum Gasteiger partial charge on any atom is -0.340 e. The average Bonchev–Trinajstić information content (AvgIpc) is 3.57.